The van der Waals surface area contributed by atoms with E-state index in [1.807, 2.05) is 0 Å². The van der Waals surface area contributed by atoms with Crippen LogP contribution in [0.1, 0.15) is 17.3 Å². The standard InChI is InChI=1S/C10H11N3O4/c1-6(14)12-7-2-3-9(11)8(4-7)10(15)5-13(16)17/h2-4H,5,11H2,1H3,(H,12,14). The lowest BCUT2D eigenvalue weighted by Crippen LogP contribution is -2.16. The molecule has 0 bridgehead atoms. The van der Waals surface area contributed by atoms with E-state index in [-0.39, 0.29) is 17.2 Å². The van der Waals surface area contributed by atoms with E-state index < -0.39 is 17.3 Å². The monoisotopic (exact) mass is 237 g/mol. The van der Waals surface area contributed by atoms with Crippen molar-refractivity contribution in [2.75, 3.05) is 17.6 Å². The average molecular weight is 237 g/mol. The fourth-order valence-electron chi connectivity index (χ4n) is 1.28. The highest BCUT2D eigenvalue weighted by Gasteiger charge is 2.16. The summed E-state index contributed by atoms with van der Waals surface area (Å²) >= 11 is 0. The van der Waals surface area contributed by atoms with Crippen LogP contribution in [0.5, 0.6) is 0 Å². The number of ketones is 1. The second-order valence-corrected chi connectivity index (χ2v) is 3.40. The number of nitrogens with one attached hydrogen (secondary N) is 1. The molecule has 0 heterocycles. The molecule has 0 saturated heterocycles. The predicted molar refractivity (Wildman–Crippen MR) is 61.4 cm³/mol. The Kier molecular flexibility index (Phi) is 3.76. The van der Waals surface area contributed by atoms with Crippen molar-refractivity contribution in [3.8, 4) is 0 Å². The van der Waals surface area contributed by atoms with Crippen LogP contribution in [-0.2, 0) is 4.79 Å². The van der Waals surface area contributed by atoms with Crippen LogP contribution in [0.4, 0.5) is 11.4 Å². The van der Waals surface area contributed by atoms with Gasteiger partial charge in [-0.25, -0.2) is 0 Å². The van der Waals surface area contributed by atoms with Crippen molar-refractivity contribution in [1.29, 1.82) is 0 Å². The molecule has 3 N–H and O–H groups in total. The van der Waals surface area contributed by atoms with Gasteiger partial charge in [-0.2, -0.15) is 0 Å². The van der Waals surface area contributed by atoms with Crippen LogP contribution < -0.4 is 11.1 Å². The largest absolute Gasteiger partial charge is 0.398 e. The summed E-state index contributed by atoms with van der Waals surface area (Å²) in [6.07, 6.45) is 0. The molecule has 0 atom stereocenters. The van der Waals surface area contributed by atoms with Crippen molar-refractivity contribution in [3.05, 3.63) is 33.9 Å². The number of Topliss-reactive ketones (excluding diaryl/α,β-unsaturated/α-hetero) is 1. The summed E-state index contributed by atoms with van der Waals surface area (Å²) in [7, 11) is 0. The van der Waals surface area contributed by atoms with Crippen LogP contribution in [0.2, 0.25) is 0 Å². The molecule has 17 heavy (non-hydrogen) atoms. The lowest BCUT2D eigenvalue weighted by atomic mass is 10.1. The highest BCUT2D eigenvalue weighted by atomic mass is 16.6. The molecule has 90 valence electrons. The van der Waals surface area contributed by atoms with Crippen molar-refractivity contribution < 1.29 is 14.5 Å². The summed E-state index contributed by atoms with van der Waals surface area (Å²) in [5, 5.41) is 12.7. The zero-order valence-corrected chi connectivity index (χ0v) is 9.10. The molecule has 0 spiro atoms. The molecule has 1 aromatic rings. The van der Waals surface area contributed by atoms with Crippen molar-refractivity contribution in [2.45, 2.75) is 6.92 Å². The first-order chi connectivity index (χ1) is 7.90. The van der Waals surface area contributed by atoms with Gasteiger partial charge in [-0.15, -0.1) is 0 Å². The van der Waals surface area contributed by atoms with E-state index in [1.54, 1.807) is 0 Å². The molecule has 0 aliphatic rings. The Hall–Kier alpha value is -2.44. The maximum atomic E-state index is 11.5. The molecule has 7 heteroatoms. The highest BCUT2D eigenvalue weighted by Crippen LogP contribution is 2.18. The van der Waals surface area contributed by atoms with Crippen LogP contribution in [0.15, 0.2) is 18.2 Å². The highest BCUT2D eigenvalue weighted by molar-refractivity contribution is 6.03. The lowest BCUT2D eigenvalue weighted by molar-refractivity contribution is -0.465. The van der Waals surface area contributed by atoms with Crippen LogP contribution in [0, 0.1) is 10.1 Å². The molecule has 0 fully saturated rings. The van der Waals surface area contributed by atoms with Crippen molar-refractivity contribution >= 4 is 23.1 Å². The molecule has 1 amide bonds. The molecule has 0 aliphatic carbocycles. The van der Waals surface area contributed by atoms with E-state index >= 15 is 0 Å². The number of benzene rings is 1. The van der Waals surface area contributed by atoms with E-state index in [0.717, 1.165) is 0 Å². The van der Waals surface area contributed by atoms with E-state index in [1.165, 1.54) is 25.1 Å². The Bertz CT molecular complexity index is 484. The molecule has 1 aromatic carbocycles. The summed E-state index contributed by atoms with van der Waals surface area (Å²) < 4.78 is 0. The van der Waals surface area contributed by atoms with Gasteiger partial charge in [-0.05, 0) is 18.2 Å². The molecule has 0 aliphatic heterocycles. The van der Waals surface area contributed by atoms with Gasteiger partial charge in [0.2, 0.25) is 11.7 Å². The van der Waals surface area contributed by atoms with Gasteiger partial charge in [-0.3, -0.25) is 19.7 Å². The number of nitrogens with two attached hydrogens (primary N) is 1. The minimum absolute atomic E-state index is 0.0351. The first kappa shape index (κ1) is 12.6. The summed E-state index contributed by atoms with van der Waals surface area (Å²) in [5.74, 6) is -0.998. The van der Waals surface area contributed by atoms with E-state index in [2.05, 4.69) is 5.32 Å². The number of hydrogen-bond donors (Lipinski definition) is 2. The third-order valence-corrected chi connectivity index (χ3v) is 1.95. The molecule has 7 nitrogen and oxygen atoms in total. The van der Waals surface area contributed by atoms with Gasteiger partial charge in [0.1, 0.15) is 0 Å². The van der Waals surface area contributed by atoms with Gasteiger partial charge in [0.25, 0.3) is 6.54 Å². The third-order valence-electron chi connectivity index (χ3n) is 1.95. The number of anilines is 2. The Morgan fingerprint density at radius 2 is 2.12 bits per heavy atom. The topological polar surface area (TPSA) is 115 Å². The third kappa shape index (κ3) is 3.56. The number of amides is 1. The molecular weight excluding hydrogens is 226 g/mol. The quantitative estimate of drug-likeness (QED) is 0.346. The van der Waals surface area contributed by atoms with Gasteiger partial charge in [0, 0.05) is 28.8 Å². The minimum Gasteiger partial charge on any atom is -0.398 e. The van der Waals surface area contributed by atoms with Gasteiger partial charge < -0.3 is 11.1 Å². The number of nitro groups is 1. The van der Waals surface area contributed by atoms with Crippen molar-refractivity contribution in [2.24, 2.45) is 0 Å². The number of carbonyl (C=O) groups excluding carboxylic acids is 2. The summed E-state index contributed by atoms with van der Waals surface area (Å²) in [6, 6.07) is 4.25. The predicted octanol–water partition coefficient (Wildman–Crippen LogP) is 0.687. The fraction of sp³-hybridized carbons (Fsp3) is 0.200. The van der Waals surface area contributed by atoms with Crippen LogP contribution in [-0.4, -0.2) is 23.2 Å². The SMILES string of the molecule is CC(=O)Nc1ccc(N)c(C(=O)C[N+](=O)[O-])c1. The van der Waals surface area contributed by atoms with Crippen LogP contribution >= 0.6 is 0 Å². The van der Waals surface area contributed by atoms with Crippen molar-refractivity contribution in [1.82, 2.24) is 0 Å². The Morgan fingerprint density at radius 1 is 1.47 bits per heavy atom. The first-order valence-electron chi connectivity index (χ1n) is 4.72. The maximum absolute atomic E-state index is 11.5. The second-order valence-electron chi connectivity index (χ2n) is 3.40. The second kappa shape index (κ2) is 5.06. The number of carbonyl (C=O) groups is 2. The first-order valence-corrected chi connectivity index (χ1v) is 4.72. The Labute approximate surface area is 96.8 Å². The van der Waals surface area contributed by atoms with Gasteiger partial charge in [0.15, 0.2) is 0 Å². The average Bonchev–Trinajstić information content (AvgIpc) is 2.19. The minimum atomic E-state index is -0.826. The van der Waals surface area contributed by atoms with E-state index in [9.17, 15) is 19.7 Å². The molecule has 1 rings (SSSR count). The normalized spacial score (nSPS) is 9.71. The van der Waals surface area contributed by atoms with Gasteiger partial charge >= 0.3 is 0 Å². The summed E-state index contributed by atoms with van der Waals surface area (Å²) in [6.45, 7) is 0.489. The zero-order valence-electron chi connectivity index (χ0n) is 9.10. The van der Waals surface area contributed by atoms with Crippen LogP contribution in [0.25, 0.3) is 0 Å². The molecule has 0 unspecified atom stereocenters. The van der Waals surface area contributed by atoms with E-state index in [4.69, 9.17) is 5.73 Å². The lowest BCUT2D eigenvalue weighted by Gasteiger charge is -2.06. The summed E-state index contributed by atoms with van der Waals surface area (Å²) in [5.41, 5.74) is 6.09. The Morgan fingerprint density at radius 3 is 2.65 bits per heavy atom. The van der Waals surface area contributed by atoms with Gasteiger partial charge in [0.05, 0.1) is 0 Å². The molecule has 0 radical (unpaired) electrons. The van der Waals surface area contributed by atoms with Crippen molar-refractivity contribution in [3.63, 3.8) is 0 Å². The summed E-state index contributed by atoms with van der Waals surface area (Å²) in [4.78, 5) is 31.8. The fourth-order valence-corrected chi connectivity index (χ4v) is 1.28. The molecule has 0 aromatic heterocycles. The Balaban J connectivity index is 3.01. The van der Waals surface area contributed by atoms with Crippen LogP contribution in [0.3, 0.4) is 0 Å². The smallest absolute Gasteiger partial charge is 0.265 e. The molecular formula is C10H11N3O4. The number of rotatable bonds is 4. The number of hydrogen-bond acceptors (Lipinski definition) is 5. The van der Waals surface area contributed by atoms with E-state index in [0.29, 0.717) is 5.69 Å². The van der Waals surface area contributed by atoms with Gasteiger partial charge in [-0.1, -0.05) is 0 Å². The number of nitrogens with zero attached hydrogens (tertiary/aromatic N) is 1. The number of nitrogen functional groups attached to an aromatic ring is 1. The zero-order chi connectivity index (χ0) is 13.0. The molecule has 0 saturated carbocycles. The maximum Gasteiger partial charge on any atom is 0.265 e.